The molecule has 1 unspecified atom stereocenters. The van der Waals surface area contributed by atoms with Gasteiger partial charge in [0.1, 0.15) is 0 Å². The molecule has 2 N–H and O–H groups in total. The fourth-order valence-electron chi connectivity index (χ4n) is 2.49. The summed E-state index contributed by atoms with van der Waals surface area (Å²) in [4.78, 5) is 2.43. The number of aliphatic hydroxyl groups is 1. The predicted octanol–water partition coefficient (Wildman–Crippen LogP) is 1.55. The third-order valence-corrected chi connectivity index (χ3v) is 3.37. The Balaban J connectivity index is 2.19. The summed E-state index contributed by atoms with van der Waals surface area (Å²) in [6, 6.07) is 9.04. The first-order chi connectivity index (χ1) is 8.31. The van der Waals surface area contributed by atoms with E-state index in [1.807, 2.05) is 0 Å². The molecule has 1 aromatic rings. The molecule has 1 aliphatic rings. The normalized spacial score (nSPS) is 21.3. The highest BCUT2D eigenvalue weighted by atomic mass is 16.3. The van der Waals surface area contributed by atoms with Gasteiger partial charge in [-0.25, -0.2) is 0 Å². The lowest BCUT2D eigenvalue weighted by Gasteiger charge is -2.31. The van der Waals surface area contributed by atoms with Crippen LogP contribution in [0.1, 0.15) is 18.4 Å². The Morgan fingerprint density at radius 1 is 1.47 bits per heavy atom. The molecular weight excluding hydrogens is 212 g/mol. The van der Waals surface area contributed by atoms with Crippen LogP contribution in [-0.4, -0.2) is 37.4 Å². The second-order valence-corrected chi connectivity index (χ2v) is 4.76. The van der Waals surface area contributed by atoms with Gasteiger partial charge < -0.3 is 15.3 Å². The number of nitrogens with one attached hydrogen (secondary N) is 1. The van der Waals surface area contributed by atoms with Gasteiger partial charge in [0, 0.05) is 31.4 Å². The average molecular weight is 234 g/mol. The molecular formula is C14H22N2O. The number of anilines is 1. The van der Waals surface area contributed by atoms with Gasteiger partial charge in [-0.2, -0.15) is 0 Å². The zero-order valence-electron chi connectivity index (χ0n) is 10.5. The highest BCUT2D eigenvalue weighted by Gasteiger charge is 2.20. The first-order valence-corrected chi connectivity index (χ1v) is 6.46. The van der Waals surface area contributed by atoms with Crippen LogP contribution in [0.4, 0.5) is 5.69 Å². The number of nitrogens with zero attached hydrogens (tertiary/aromatic N) is 1. The molecule has 0 aliphatic carbocycles. The van der Waals surface area contributed by atoms with Crippen molar-refractivity contribution in [3.8, 4) is 0 Å². The van der Waals surface area contributed by atoms with Gasteiger partial charge in [-0.1, -0.05) is 12.1 Å². The summed E-state index contributed by atoms with van der Waals surface area (Å²) in [6.07, 6.45) is 2.00. The van der Waals surface area contributed by atoms with E-state index >= 15 is 0 Å². The molecule has 0 radical (unpaired) electrons. The molecule has 3 heteroatoms. The molecule has 0 saturated carbocycles. The Morgan fingerprint density at radius 2 is 2.35 bits per heavy atom. The molecule has 1 saturated heterocycles. The van der Waals surface area contributed by atoms with Crippen molar-refractivity contribution in [3.05, 3.63) is 29.8 Å². The lowest BCUT2D eigenvalue weighted by atomic mass is 10.1. The highest BCUT2D eigenvalue weighted by molar-refractivity contribution is 5.49. The number of hydrogen-bond acceptors (Lipinski definition) is 3. The molecule has 0 spiro atoms. The van der Waals surface area contributed by atoms with Gasteiger partial charge in [-0.3, -0.25) is 0 Å². The molecule has 2 rings (SSSR count). The molecule has 1 atom stereocenters. The molecule has 1 aromatic carbocycles. The molecule has 0 amide bonds. The molecule has 94 valence electrons. The number of rotatable bonds is 3. The van der Waals surface area contributed by atoms with E-state index in [0.717, 1.165) is 32.5 Å². The summed E-state index contributed by atoms with van der Waals surface area (Å²) in [5.41, 5.74) is 2.58. The van der Waals surface area contributed by atoms with Crippen molar-refractivity contribution in [2.45, 2.75) is 25.8 Å². The molecule has 17 heavy (non-hydrogen) atoms. The van der Waals surface area contributed by atoms with E-state index in [1.165, 1.54) is 11.3 Å². The van der Waals surface area contributed by atoms with Gasteiger partial charge in [-0.15, -0.1) is 0 Å². The minimum Gasteiger partial charge on any atom is -0.396 e. The summed E-state index contributed by atoms with van der Waals surface area (Å²) in [5, 5.41) is 12.6. The summed E-state index contributed by atoms with van der Waals surface area (Å²) in [6.45, 7) is 5.50. The Hall–Kier alpha value is -1.06. The predicted molar refractivity (Wildman–Crippen MR) is 71.5 cm³/mol. The fourth-order valence-corrected chi connectivity index (χ4v) is 2.49. The van der Waals surface area contributed by atoms with E-state index < -0.39 is 0 Å². The summed E-state index contributed by atoms with van der Waals surface area (Å²) in [5.74, 6) is 0. The Morgan fingerprint density at radius 3 is 3.12 bits per heavy atom. The highest BCUT2D eigenvalue weighted by Crippen LogP contribution is 2.21. The molecule has 0 bridgehead atoms. The SMILES string of the molecule is Cc1cccc(N2CCCNCC2CCO)c1. The van der Waals surface area contributed by atoms with Crippen LogP contribution in [0.5, 0.6) is 0 Å². The maximum Gasteiger partial charge on any atom is 0.0451 e. The smallest absolute Gasteiger partial charge is 0.0451 e. The fraction of sp³-hybridized carbons (Fsp3) is 0.571. The van der Waals surface area contributed by atoms with Gasteiger partial charge in [0.15, 0.2) is 0 Å². The van der Waals surface area contributed by atoms with Crippen LogP contribution in [0, 0.1) is 6.92 Å². The van der Waals surface area contributed by atoms with E-state index in [4.69, 9.17) is 0 Å². The lowest BCUT2D eigenvalue weighted by Crippen LogP contribution is -2.40. The van der Waals surface area contributed by atoms with Crippen molar-refractivity contribution in [1.29, 1.82) is 0 Å². The van der Waals surface area contributed by atoms with E-state index in [-0.39, 0.29) is 6.61 Å². The van der Waals surface area contributed by atoms with Crippen LogP contribution in [0.25, 0.3) is 0 Å². The molecule has 3 nitrogen and oxygen atoms in total. The summed E-state index contributed by atoms with van der Waals surface area (Å²) >= 11 is 0. The summed E-state index contributed by atoms with van der Waals surface area (Å²) in [7, 11) is 0. The van der Waals surface area contributed by atoms with E-state index in [0.29, 0.717) is 6.04 Å². The lowest BCUT2D eigenvalue weighted by molar-refractivity contribution is 0.273. The van der Waals surface area contributed by atoms with Crippen molar-refractivity contribution in [1.82, 2.24) is 5.32 Å². The quantitative estimate of drug-likeness (QED) is 0.833. The number of aliphatic hydroxyl groups excluding tert-OH is 1. The third-order valence-electron chi connectivity index (χ3n) is 3.37. The van der Waals surface area contributed by atoms with Gasteiger partial charge >= 0.3 is 0 Å². The number of aryl methyl sites for hydroxylation is 1. The molecule has 1 heterocycles. The van der Waals surface area contributed by atoms with Crippen molar-refractivity contribution < 1.29 is 5.11 Å². The second-order valence-electron chi connectivity index (χ2n) is 4.76. The first kappa shape index (κ1) is 12.4. The van der Waals surface area contributed by atoms with Gasteiger partial charge in [0.2, 0.25) is 0 Å². The van der Waals surface area contributed by atoms with E-state index in [2.05, 4.69) is 41.4 Å². The zero-order chi connectivity index (χ0) is 12.1. The molecule has 1 aliphatic heterocycles. The van der Waals surface area contributed by atoms with Crippen LogP contribution in [-0.2, 0) is 0 Å². The van der Waals surface area contributed by atoms with E-state index in [1.54, 1.807) is 0 Å². The van der Waals surface area contributed by atoms with Crippen LogP contribution >= 0.6 is 0 Å². The number of benzene rings is 1. The van der Waals surface area contributed by atoms with Crippen LogP contribution in [0.3, 0.4) is 0 Å². The second kappa shape index (κ2) is 6.03. The Kier molecular flexibility index (Phi) is 4.40. The van der Waals surface area contributed by atoms with Crippen LogP contribution in [0.2, 0.25) is 0 Å². The van der Waals surface area contributed by atoms with Crippen molar-refractivity contribution in [2.75, 3.05) is 31.1 Å². The minimum atomic E-state index is 0.259. The van der Waals surface area contributed by atoms with Crippen molar-refractivity contribution in [2.24, 2.45) is 0 Å². The van der Waals surface area contributed by atoms with Crippen LogP contribution < -0.4 is 10.2 Å². The maximum atomic E-state index is 9.18. The van der Waals surface area contributed by atoms with Crippen molar-refractivity contribution in [3.63, 3.8) is 0 Å². The molecule has 1 fully saturated rings. The number of hydrogen-bond donors (Lipinski definition) is 2. The minimum absolute atomic E-state index is 0.259. The first-order valence-electron chi connectivity index (χ1n) is 6.46. The maximum absolute atomic E-state index is 9.18. The van der Waals surface area contributed by atoms with Gasteiger partial charge in [0.05, 0.1) is 0 Å². The van der Waals surface area contributed by atoms with Gasteiger partial charge in [0.25, 0.3) is 0 Å². The van der Waals surface area contributed by atoms with Crippen LogP contribution in [0.15, 0.2) is 24.3 Å². The van der Waals surface area contributed by atoms with Crippen molar-refractivity contribution >= 4 is 5.69 Å². The van der Waals surface area contributed by atoms with Gasteiger partial charge in [-0.05, 0) is 44.0 Å². The third kappa shape index (κ3) is 3.20. The Labute approximate surface area is 103 Å². The average Bonchev–Trinajstić information content (AvgIpc) is 2.55. The largest absolute Gasteiger partial charge is 0.396 e. The summed E-state index contributed by atoms with van der Waals surface area (Å²) < 4.78 is 0. The monoisotopic (exact) mass is 234 g/mol. The zero-order valence-corrected chi connectivity index (χ0v) is 10.5. The topological polar surface area (TPSA) is 35.5 Å². The van der Waals surface area contributed by atoms with E-state index in [9.17, 15) is 5.11 Å². The standard InChI is InChI=1S/C14H22N2O/c1-12-4-2-5-13(10-12)16-8-3-7-15-11-14(16)6-9-17/h2,4-5,10,14-15,17H,3,6-9,11H2,1H3. The Bertz CT molecular complexity index is 354. The molecule has 0 aromatic heterocycles.